The van der Waals surface area contributed by atoms with E-state index in [2.05, 4.69) is 31.2 Å². The monoisotopic (exact) mass is 344 g/mol. The highest BCUT2D eigenvalue weighted by molar-refractivity contribution is 6.61. The summed E-state index contributed by atoms with van der Waals surface area (Å²) in [6.07, 6.45) is 9.12. The Morgan fingerprint density at radius 1 is 0.833 bits per heavy atom. The van der Waals surface area contributed by atoms with Crippen LogP contribution in [0, 0.1) is 0 Å². The standard InChI is InChI=1S/C21H25ClO2/c1-2-3-4-5-6-7-8-17-9-11-18(12-10-17)19-13-15-20(16-14-19)24-21(22)23/h9-16H,2-8H2,1H3. The van der Waals surface area contributed by atoms with Crippen LogP contribution in [0.4, 0.5) is 4.79 Å². The van der Waals surface area contributed by atoms with E-state index in [0.717, 1.165) is 17.5 Å². The Hall–Kier alpha value is -1.80. The van der Waals surface area contributed by atoms with Crippen molar-refractivity contribution in [3.63, 3.8) is 0 Å². The first-order chi connectivity index (χ1) is 11.7. The Morgan fingerprint density at radius 3 is 1.96 bits per heavy atom. The van der Waals surface area contributed by atoms with Crippen molar-refractivity contribution in [2.75, 3.05) is 0 Å². The molecule has 2 nitrogen and oxygen atoms in total. The number of ether oxygens (including phenoxy) is 1. The molecule has 0 spiro atoms. The molecule has 0 aliphatic heterocycles. The Balaban J connectivity index is 1.84. The minimum atomic E-state index is -0.818. The quantitative estimate of drug-likeness (QED) is 0.361. The summed E-state index contributed by atoms with van der Waals surface area (Å²) < 4.78 is 4.83. The molecule has 0 fully saturated rings. The van der Waals surface area contributed by atoms with E-state index >= 15 is 0 Å². The Bertz CT molecular complexity index is 617. The number of aryl methyl sites for hydroxylation is 1. The molecular formula is C21H25ClO2. The van der Waals surface area contributed by atoms with Crippen LogP contribution in [-0.4, -0.2) is 5.43 Å². The van der Waals surface area contributed by atoms with Crippen molar-refractivity contribution >= 4 is 17.0 Å². The highest BCUT2D eigenvalue weighted by atomic mass is 35.5. The summed E-state index contributed by atoms with van der Waals surface area (Å²) >= 11 is 5.20. The predicted octanol–water partition coefficient (Wildman–Crippen LogP) is 6.99. The molecular weight excluding hydrogens is 320 g/mol. The maximum atomic E-state index is 10.7. The molecule has 0 saturated carbocycles. The molecule has 0 N–H and O–H groups in total. The summed E-state index contributed by atoms with van der Waals surface area (Å²) in [7, 11) is 0. The fourth-order valence-electron chi connectivity index (χ4n) is 2.78. The molecule has 0 amide bonds. The number of carbonyl (C=O) groups is 1. The Morgan fingerprint density at radius 2 is 1.38 bits per heavy atom. The van der Waals surface area contributed by atoms with Gasteiger partial charge in [-0.1, -0.05) is 75.4 Å². The van der Waals surface area contributed by atoms with Crippen LogP contribution in [-0.2, 0) is 6.42 Å². The molecule has 0 unspecified atom stereocenters. The third-order valence-corrected chi connectivity index (χ3v) is 4.24. The summed E-state index contributed by atoms with van der Waals surface area (Å²) in [6, 6.07) is 16.1. The van der Waals surface area contributed by atoms with E-state index in [-0.39, 0.29) is 0 Å². The first kappa shape index (κ1) is 18.5. The first-order valence-electron chi connectivity index (χ1n) is 8.75. The molecule has 0 atom stereocenters. The number of hydrogen-bond acceptors (Lipinski definition) is 2. The van der Waals surface area contributed by atoms with E-state index in [0.29, 0.717) is 5.75 Å². The maximum absolute atomic E-state index is 10.7. The number of benzene rings is 2. The van der Waals surface area contributed by atoms with Gasteiger partial charge in [-0.2, -0.15) is 0 Å². The number of rotatable bonds is 9. The van der Waals surface area contributed by atoms with E-state index < -0.39 is 5.43 Å². The lowest BCUT2D eigenvalue weighted by molar-refractivity contribution is 0.225. The number of halogens is 1. The van der Waals surface area contributed by atoms with Gasteiger partial charge in [-0.15, -0.1) is 0 Å². The summed E-state index contributed by atoms with van der Waals surface area (Å²) in [4.78, 5) is 10.7. The van der Waals surface area contributed by atoms with Gasteiger partial charge in [0.25, 0.3) is 0 Å². The van der Waals surface area contributed by atoms with Gasteiger partial charge in [-0.05, 0) is 41.7 Å². The molecule has 2 aromatic rings. The van der Waals surface area contributed by atoms with Crippen LogP contribution >= 0.6 is 11.6 Å². The van der Waals surface area contributed by atoms with Gasteiger partial charge in [0.2, 0.25) is 0 Å². The van der Waals surface area contributed by atoms with Gasteiger partial charge in [0, 0.05) is 11.6 Å². The molecule has 24 heavy (non-hydrogen) atoms. The zero-order valence-corrected chi connectivity index (χ0v) is 15.0. The van der Waals surface area contributed by atoms with Crippen molar-refractivity contribution in [1.29, 1.82) is 0 Å². The Labute approximate surface area is 149 Å². The average Bonchev–Trinajstić information content (AvgIpc) is 2.59. The highest BCUT2D eigenvalue weighted by Crippen LogP contribution is 2.23. The molecule has 2 aromatic carbocycles. The van der Waals surface area contributed by atoms with E-state index in [1.807, 2.05) is 12.1 Å². The largest absolute Gasteiger partial charge is 0.415 e. The summed E-state index contributed by atoms with van der Waals surface area (Å²) in [5.74, 6) is 0.457. The molecule has 3 heteroatoms. The van der Waals surface area contributed by atoms with Gasteiger partial charge < -0.3 is 4.74 Å². The zero-order valence-electron chi connectivity index (χ0n) is 14.3. The van der Waals surface area contributed by atoms with Crippen molar-refractivity contribution < 1.29 is 9.53 Å². The smallest absolute Gasteiger partial charge is 0.409 e. The van der Waals surface area contributed by atoms with Gasteiger partial charge in [0.1, 0.15) is 5.75 Å². The minimum absolute atomic E-state index is 0.457. The average molecular weight is 345 g/mol. The van der Waals surface area contributed by atoms with E-state index in [1.165, 1.54) is 44.1 Å². The Kier molecular flexibility index (Phi) is 7.84. The molecule has 0 radical (unpaired) electrons. The van der Waals surface area contributed by atoms with Gasteiger partial charge in [0.05, 0.1) is 0 Å². The first-order valence-corrected chi connectivity index (χ1v) is 9.13. The fraction of sp³-hybridized carbons (Fsp3) is 0.381. The van der Waals surface area contributed by atoms with Gasteiger partial charge in [-0.25, -0.2) is 4.79 Å². The van der Waals surface area contributed by atoms with Gasteiger partial charge in [-0.3, -0.25) is 0 Å². The van der Waals surface area contributed by atoms with Crippen LogP contribution in [0.2, 0.25) is 0 Å². The number of carbonyl (C=O) groups excluding carboxylic acids is 1. The van der Waals surface area contributed by atoms with Crippen LogP contribution in [0.15, 0.2) is 48.5 Å². The van der Waals surface area contributed by atoms with Crippen LogP contribution in [0.25, 0.3) is 11.1 Å². The third kappa shape index (κ3) is 6.37. The second-order valence-electron chi connectivity index (χ2n) is 6.08. The van der Waals surface area contributed by atoms with Crippen LogP contribution in [0.3, 0.4) is 0 Å². The molecule has 0 aromatic heterocycles. The summed E-state index contributed by atoms with van der Waals surface area (Å²) in [5.41, 5.74) is 2.82. The second kappa shape index (κ2) is 10.1. The van der Waals surface area contributed by atoms with E-state index in [1.54, 1.807) is 12.1 Å². The van der Waals surface area contributed by atoms with Gasteiger partial charge in [0.15, 0.2) is 0 Å². The molecule has 0 heterocycles. The van der Waals surface area contributed by atoms with Crippen LogP contribution in [0.5, 0.6) is 5.75 Å². The predicted molar refractivity (Wildman–Crippen MR) is 101 cm³/mol. The van der Waals surface area contributed by atoms with Crippen LogP contribution in [0.1, 0.15) is 51.0 Å². The van der Waals surface area contributed by atoms with E-state index in [9.17, 15) is 4.79 Å². The number of unbranched alkanes of at least 4 members (excludes halogenated alkanes) is 5. The minimum Gasteiger partial charge on any atom is -0.415 e. The molecule has 2 rings (SSSR count). The van der Waals surface area contributed by atoms with Gasteiger partial charge >= 0.3 is 5.43 Å². The van der Waals surface area contributed by atoms with E-state index in [4.69, 9.17) is 16.3 Å². The lowest BCUT2D eigenvalue weighted by Gasteiger charge is -2.06. The molecule has 0 saturated heterocycles. The zero-order chi connectivity index (χ0) is 17.2. The maximum Gasteiger partial charge on any atom is 0.409 e. The SMILES string of the molecule is CCCCCCCCc1ccc(-c2ccc(OC(=O)Cl)cc2)cc1. The lowest BCUT2D eigenvalue weighted by atomic mass is 10.0. The molecule has 0 aliphatic rings. The third-order valence-electron chi connectivity index (χ3n) is 4.16. The number of hydrogen-bond donors (Lipinski definition) is 0. The van der Waals surface area contributed by atoms with Crippen molar-refractivity contribution in [2.45, 2.75) is 51.9 Å². The summed E-state index contributed by atoms with van der Waals surface area (Å²) in [6.45, 7) is 2.25. The lowest BCUT2D eigenvalue weighted by Crippen LogP contribution is -1.95. The van der Waals surface area contributed by atoms with Crippen molar-refractivity contribution in [3.8, 4) is 16.9 Å². The van der Waals surface area contributed by atoms with Crippen LogP contribution < -0.4 is 4.74 Å². The molecule has 0 bridgehead atoms. The molecule has 128 valence electrons. The van der Waals surface area contributed by atoms with Crippen molar-refractivity contribution in [2.24, 2.45) is 0 Å². The highest BCUT2D eigenvalue weighted by Gasteiger charge is 2.02. The second-order valence-corrected chi connectivity index (χ2v) is 6.39. The molecule has 0 aliphatic carbocycles. The van der Waals surface area contributed by atoms with Crippen molar-refractivity contribution in [1.82, 2.24) is 0 Å². The van der Waals surface area contributed by atoms with Crippen molar-refractivity contribution in [3.05, 3.63) is 54.1 Å². The topological polar surface area (TPSA) is 26.3 Å². The summed E-state index contributed by atoms with van der Waals surface area (Å²) in [5, 5.41) is 0. The fourth-order valence-corrected chi connectivity index (χ4v) is 2.87. The normalized spacial score (nSPS) is 10.6.